The Bertz CT molecular complexity index is 788. The van der Waals surface area contributed by atoms with Crippen LogP contribution in [0.15, 0.2) is 53.6 Å². The van der Waals surface area contributed by atoms with Gasteiger partial charge in [-0.2, -0.15) is 11.3 Å². The molecule has 3 aromatic heterocycles. The number of anilines is 3. The summed E-state index contributed by atoms with van der Waals surface area (Å²) in [7, 11) is 0. The van der Waals surface area contributed by atoms with Crippen LogP contribution in [0.4, 0.5) is 17.2 Å². The van der Waals surface area contributed by atoms with Gasteiger partial charge in [0.1, 0.15) is 5.82 Å². The Hall–Kier alpha value is -2.44. The Morgan fingerprint density at radius 2 is 2.29 bits per heavy atom. The molecule has 0 saturated heterocycles. The normalized spacial score (nSPS) is 14.5. The third-order valence-electron chi connectivity index (χ3n) is 4.04. The van der Waals surface area contributed by atoms with Crippen LogP contribution in [0.2, 0.25) is 0 Å². The van der Waals surface area contributed by atoms with Gasteiger partial charge in [-0.25, -0.2) is 4.98 Å². The average molecular weight is 337 g/mol. The first-order valence-electron chi connectivity index (χ1n) is 8.00. The molecule has 0 amide bonds. The number of nitrogens with zero attached hydrogens (tertiary/aromatic N) is 3. The number of rotatable bonds is 4. The van der Waals surface area contributed by atoms with E-state index < -0.39 is 0 Å². The zero-order chi connectivity index (χ0) is 16.2. The molecule has 3 aromatic rings. The van der Waals surface area contributed by atoms with Crippen LogP contribution < -0.4 is 10.6 Å². The number of hydrogen-bond donors (Lipinski definition) is 2. The lowest BCUT2D eigenvalue weighted by molar-refractivity contribution is 0.272. The van der Waals surface area contributed by atoms with Crippen molar-refractivity contribution in [3.63, 3.8) is 0 Å². The quantitative estimate of drug-likeness (QED) is 0.760. The molecule has 0 atom stereocenters. The summed E-state index contributed by atoms with van der Waals surface area (Å²) in [6.07, 6.45) is 5.52. The molecule has 6 heteroatoms. The lowest BCUT2D eigenvalue weighted by Gasteiger charge is -2.19. The summed E-state index contributed by atoms with van der Waals surface area (Å²) in [5.41, 5.74) is 4.72. The molecule has 1 aliphatic rings. The van der Waals surface area contributed by atoms with Gasteiger partial charge in [-0.3, -0.25) is 9.88 Å². The van der Waals surface area contributed by atoms with Crippen molar-refractivity contribution in [3.8, 4) is 0 Å². The summed E-state index contributed by atoms with van der Waals surface area (Å²) >= 11 is 1.75. The van der Waals surface area contributed by atoms with Crippen LogP contribution in [-0.2, 0) is 13.1 Å². The molecular formula is C18H19N5S. The predicted octanol–water partition coefficient (Wildman–Crippen LogP) is 3.71. The molecular weight excluding hydrogens is 318 g/mol. The molecule has 24 heavy (non-hydrogen) atoms. The van der Waals surface area contributed by atoms with Crippen LogP contribution in [0.25, 0.3) is 0 Å². The lowest BCUT2D eigenvalue weighted by atomic mass is 10.2. The average Bonchev–Trinajstić information content (AvgIpc) is 3.02. The molecule has 0 unspecified atom stereocenters. The second-order valence-electron chi connectivity index (χ2n) is 5.86. The molecule has 0 aromatic carbocycles. The van der Waals surface area contributed by atoms with Crippen molar-refractivity contribution in [2.45, 2.75) is 13.1 Å². The monoisotopic (exact) mass is 337 g/mol. The first-order valence-corrected chi connectivity index (χ1v) is 8.94. The van der Waals surface area contributed by atoms with E-state index >= 15 is 0 Å². The fraction of sp³-hybridized carbons (Fsp3) is 0.222. The maximum atomic E-state index is 4.56. The first kappa shape index (κ1) is 15.1. The van der Waals surface area contributed by atoms with Crippen molar-refractivity contribution < 1.29 is 0 Å². The molecule has 0 aliphatic carbocycles. The third-order valence-corrected chi connectivity index (χ3v) is 4.78. The van der Waals surface area contributed by atoms with Gasteiger partial charge in [0.2, 0.25) is 0 Å². The molecule has 122 valence electrons. The van der Waals surface area contributed by atoms with Gasteiger partial charge in [0, 0.05) is 55.9 Å². The maximum absolute atomic E-state index is 4.56. The Kier molecular flexibility index (Phi) is 4.40. The number of thiophene rings is 1. The summed E-state index contributed by atoms with van der Waals surface area (Å²) in [5, 5.41) is 11.2. The van der Waals surface area contributed by atoms with E-state index in [-0.39, 0.29) is 0 Å². The molecule has 5 nitrogen and oxygen atoms in total. The Balaban J connectivity index is 1.49. The van der Waals surface area contributed by atoms with E-state index in [2.05, 4.69) is 48.4 Å². The Morgan fingerprint density at radius 1 is 1.29 bits per heavy atom. The molecule has 4 heterocycles. The predicted molar refractivity (Wildman–Crippen MR) is 98.7 cm³/mol. The van der Waals surface area contributed by atoms with Crippen molar-refractivity contribution in [2.75, 3.05) is 23.7 Å². The third kappa shape index (κ3) is 3.55. The smallest absolute Gasteiger partial charge is 0.132 e. The minimum Gasteiger partial charge on any atom is -0.383 e. The van der Waals surface area contributed by atoms with Gasteiger partial charge >= 0.3 is 0 Å². The van der Waals surface area contributed by atoms with Crippen molar-refractivity contribution in [1.82, 2.24) is 14.9 Å². The van der Waals surface area contributed by atoms with E-state index in [0.717, 1.165) is 43.4 Å². The van der Waals surface area contributed by atoms with E-state index in [1.165, 1.54) is 11.1 Å². The molecule has 0 saturated carbocycles. The highest BCUT2D eigenvalue weighted by Crippen LogP contribution is 2.25. The SMILES string of the molecule is c1cncc(Nc2cc3c(cn2)CN(Cc2ccsc2)CCN3)c1. The summed E-state index contributed by atoms with van der Waals surface area (Å²) < 4.78 is 0. The van der Waals surface area contributed by atoms with Crippen LogP contribution in [0.1, 0.15) is 11.1 Å². The summed E-state index contributed by atoms with van der Waals surface area (Å²) in [4.78, 5) is 11.1. The Labute approximate surface area is 145 Å². The minimum atomic E-state index is 0.834. The highest BCUT2D eigenvalue weighted by Gasteiger charge is 2.15. The summed E-state index contributed by atoms with van der Waals surface area (Å²) in [6, 6.07) is 8.17. The number of nitrogens with one attached hydrogen (secondary N) is 2. The fourth-order valence-corrected chi connectivity index (χ4v) is 3.53. The van der Waals surface area contributed by atoms with Crippen LogP contribution in [-0.4, -0.2) is 28.0 Å². The molecule has 0 fully saturated rings. The topological polar surface area (TPSA) is 53.1 Å². The molecule has 1 aliphatic heterocycles. The van der Waals surface area contributed by atoms with Gasteiger partial charge in [-0.05, 0) is 34.5 Å². The number of pyridine rings is 2. The second kappa shape index (κ2) is 6.98. The first-order chi connectivity index (χ1) is 11.9. The molecule has 0 bridgehead atoms. The van der Waals surface area contributed by atoms with E-state index in [9.17, 15) is 0 Å². The second-order valence-corrected chi connectivity index (χ2v) is 6.64. The van der Waals surface area contributed by atoms with Gasteiger partial charge in [-0.1, -0.05) is 0 Å². The number of fused-ring (bicyclic) bond motifs is 1. The van der Waals surface area contributed by atoms with Crippen LogP contribution in [0.5, 0.6) is 0 Å². The van der Waals surface area contributed by atoms with E-state index in [1.807, 2.05) is 18.3 Å². The van der Waals surface area contributed by atoms with Gasteiger partial charge in [0.25, 0.3) is 0 Å². The summed E-state index contributed by atoms with van der Waals surface area (Å²) in [6.45, 7) is 3.86. The van der Waals surface area contributed by atoms with Gasteiger partial charge in [-0.15, -0.1) is 0 Å². The largest absolute Gasteiger partial charge is 0.383 e. The highest BCUT2D eigenvalue weighted by atomic mass is 32.1. The van der Waals surface area contributed by atoms with Crippen molar-refractivity contribution in [1.29, 1.82) is 0 Å². The molecule has 2 N–H and O–H groups in total. The number of hydrogen-bond acceptors (Lipinski definition) is 6. The highest BCUT2D eigenvalue weighted by molar-refractivity contribution is 7.07. The zero-order valence-electron chi connectivity index (χ0n) is 13.3. The number of aromatic nitrogens is 2. The van der Waals surface area contributed by atoms with Crippen molar-refractivity contribution in [2.24, 2.45) is 0 Å². The van der Waals surface area contributed by atoms with Crippen molar-refractivity contribution >= 4 is 28.5 Å². The van der Waals surface area contributed by atoms with E-state index in [0.29, 0.717) is 0 Å². The zero-order valence-corrected chi connectivity index (χ0v) is 14.1. The lowest BCUT2D eigenvalue weighted by Crippen LogP contribution is -2.25. The van der Waals surface area contributed by atoms with Gasteiger partial charge < -0.3 is 10.6 Å². The van der Waals surface area contributed by atoms with Gasteiger partial charge in [0.05, 0.1) is 11.9 Å². The minimum absolute atomic E-state index is 0.834. The summed E-state index contributed by atoms with van der Waals surface area (Å²) in [5.74, 6) is 0.834. The van der Waals surface area contributed by atoms with E-state index in [4.69, 9.17) is 0 Å². The molecule has 0 radical (unpaired) electrons. The van der Waals surface area contributed by atoms with Crippen LogP contribution in [0, 0.1) is 0 Å². The molecule has 4 rings (SSSR count). The van der Waals surface area contributed by atoms with Gasteiger partial charge in [0.15, 0.2) is 0 Å². The van der Waals surface area contributed by atoms with E-state index in [1.54, 1.807) is 23.7 Å². The fourth-order valence-electron chi connectivity index (χ4n) is 2.87. The Morgan fingerprint density at radius 3 is 3.12 bits per heavy atom. The van der Waals surface area contributed by atoms with Crippen LogP contribution >= 0.6 is 11.3 Å². The standard InChI is InChI=1S/C18H19N5S/c1-2-16(10-19-4-1)22-18-8-17-15(9-21-18)12-23(6-5-20-17)11-14-3-7-24-13-14/h1-4,7-10,13,20H,5-6,11-12H2,(H,21,22). The maximum Gasteiger partial charge on any atom is 0.132 e. The van der Waals surface area contributed by atoms with Crippen molar-refractivity contribution in [3.05, 3.63) is 64.7 Å². The molecule has 0 spiro atoms. The van der Waals surface area contributed by atoms with Crippen LogP contribution in [0.3, 0.4) is 0 Å².